The molecule has 10 nitrogen and oxygen atoms in total. The summed E-state index contributed by atoms with van der Waals surface area (Å²) in [5.41, 5.74) is -1.54. The smallest absolute Gasteiger partial charge is 0.345 e. The van der Waals surface area contributed by atoms with Gasteiger partial charge in [-0.1, -0.05) is 18.7 Å². The molecule has 2 aliphatic rings. The summed E-state index contributed by atoms with van der Waals surface area (Å²) >= 11 is 0. The molecule has 176 valence electrons. The molecule has 0 fully saturated rings. The Morgan fingerprint density at radius 2 is 1.37 bits per heavy atom. The highest BCUT2D eigenvalue weighted by molar-refractivity contribution is 6.39. The van der Waals surface area contributed by atoms with E-state index < -0.39 is 52.1 Å². The second-order valence-corrected chi connectivity index (χ2v) is 7.75. The van der Waals surface area contributed by atoms with Gasteiger partial charge in [0.1, 0.15) is 23.0 Å². The van der Waals surface area contributed by atoms with Crippen LogP contribution in [0.3, 0.4) is 0 Å². The molecule has 0 radical (unpaired) electrons. The van der Waals surface area contributed by atoms with Gasteiger partial charge >= 0.3 is 23.9 Å². The van der Waals surface area contributed by atoms with Crippen molar-refractivity contribution in [3.8, 4) is 23.0 Å². The monoisotopic (exact) mass is 476 g/mol. The maximum absolute atomic E-state index is 12.7. The number of ether oxygens (including phenoxy) is 2. The molecule has 2 heterocycles. The molecule has 0 unspecified atom stereocenters. The molecule has 10 heteroatoms. The first-order valence-corrected chi connectivity index (χ1v) is 9.87. The summed E-state index contributed by atoms with van der Waals surface area (Å²) in [6.45, 7) is 8.68. The minimum atomic E-state index is -1.62. The zero-order chi connectivity index (χ0) is 25.8. The average molecular weight is 476 g/mol. The maximum atomic E-state index is 12.7. The molecule has 35 heavy (non-hydrogen) atoms. The summed E-state index contributed by atoms with van der Waals surface area (Å²) in [5.74, 6) is -6.31. The van der Waals surface area contributed by atoms with Gasteiger partial charge in [0.25, 0.3) is 0 Å². The lowest BCUT2D eigenvalue weighted by molar-refractivity contribution is -0.131. The quantitative estimate of drug-likeness (QED) is 0.286. The highest BCUT2D eigenvalue weighted by Crippen LogP contribution is 2.47. The Hall–Kier alpha value is -5.12. The van der Waals surface area contributed by atoms with E-state index in [4.69, 9.17) is 14.6 Å². The van der Waals surface area contributed by atoms with E-state index in [0.29, 0.717) is 5.57 Å². The van der Waals surface area contributed by atoms with Crippen LogP contribution in [-0.4, -0.2) is 44.3 Å². The van der Waals surface area contributed by atoms with Crippen molar-refractivity contribution in [1.82, 2.24) is 0 Å². The van der Waals surface area contributed by atoms with Crippen LogP contribution >= 0.6 is 0 Å². The fraction of sp³-hybridized carbons (Fsp3) is 0.0400. The number of aromatic hydroxyl groups is 2. The van der Waals surface area contributed by atoms with Crippen LogP contribution < -0.4 is 9.47 Å². The van der Waals surface area contributed by atoms with Gasteiger partial charge in [0.15, 0.2) is 0 Å². The first-order chi connectivity index (χ1) is 16.4. The molecule has 2 aromatic rings. The third-order valence-electron chi connectivity index (χ3n) is 5.29. The number of phenolic OH excluding ortho intramolecular Hbond substituents is 2. The Kier molecular flexibility index (Phi) is 5.29. The van der Waals surface area contributed by atoms with E-state index >= 15 is 0 Å². The lowest BCUT2D eigenvalue weighted by atomic mass is 9.91. The Labute approximate surface area is 197 Å². The third-order valence-corrected chi connectivity index (χ3v) is 5.29. The van der Waals surface area contributed by atoms with Crippen LogP contribution in [0, 0.1) is 0 Å². The van der Waals surface area contributed by atoms with Crippen LogP contribution in [0.4, 0.5) is 0 Å². The van der Waals surface area contributed by atoms with E-state index in [2.05, 4.69) is 13.2 Å². The van der Waals surface area contributed by atoms with E-state index in [-0.39, 0.29) is 39.3 Å². The fourth-order valence-electron chi connectivity index (χ4n) is 3.77. The van der Waals surface area contributed by atoms with Crippen LogP contribution in [0.25, 0.3) is 22.3 Å². The van der Waals surface area contributed by atoms with E-state index in [1.54, 1.807) is 6.92 Å². The highest BCUT2D eigenvalue weighted by Gasteiger charge is 2.37. The van der Waals surface area contributed by atoms with E-state index in [1.807, 2.05) is 0 Å². The number of phenols is 2. The van der Waals surface area contributed by atoms with Crippen LogP contribution in [0.15, 0.2) is 49.1 Å². The molecule has 0 bridgehead atoms. The number of carbonyl (C=O) groups excluding carboxylic acids is 2. The summed E-state index contributed by atoms with van der Waals surface area (Å²) in [7, 11) is 0. The van der Waals surface area contributed by atoms with Gasteiger partial charge in [0.05, 0.1) is 22.3 Å². The molecule has 4 rings (SSSR count). The number of hydrogen-bond acceptors (Lipinski definition) is 8. The van der Waals surface area contributed by atoms with Crippen LogP contribution in [-0.2, 0) is 19.2 Å². The Morgan fingerprint density at radius 3 is 1.97 bits per heavy atom. The van der Waals surface area contributed by atoms with Crippen LogP contribution in [0.2, 0.25) is 0 Å². The van der Waals surface area contributed by atoms with Gasteiger partial charge < -0.3 is 29.9 Å². The number of carboxylic acids is 2. The zero-order valence-corrected chi connectivity index (χ0v) is 18.0. The van der Waals surface area contributed by atoms with Crippen LogP contribution in [0.1, 0.15) is 29.2 Å². The molecule has 0 atom stereocenters. The average Bonchev–Trinajstić information content (AvgIpc) is 3.22. The number of benzene rings is 2. The fourth-order valence-corrected chi connectivity index (χ4v) is 3.77. The minimum absolute atomic E-state index is 0.0443. The first-order valence-electron chi connectivity index (χ1n) is 9.87. The Morgan fingerprint density at radius 1 is 0.829 bits per heavy atom. The SMILES string of the molecule is C=C(C)/C=C1/C(=O)Oc2cc(/C(C(=O)O)=C3\C(=O)Oc4cc(C(=C)C(=O)O)c(O)cc43)c(O)cc21. The van der Waals surface area contributed by atoms with Crippen molar-refractivity contribution in [1.29, 1.82) is 0 Å². The van der Waals surface area contributed by atoms with Crippen molar-refractivity contribution >= 4 is 46.2 Å². The van der Waals surface area contributed by atoms with E-state index in [1.165, 1.54) is 6.08 Å². The molecular formula is C25H16O10. The number of allylic oxidation sites excluding steroid dienone is 2. The van der Waals surface area contributed by atoms with Gasteiger partial charge in [0, 0.05) is 22.3 Å². The van der Waals surface area contributed by atoms with Gasteiger partial charge in [0.2, 0.25) is 0 Å². The van der Waals surface area contributed by atoms with Crippen LogP contribution in [0.5, 0.6) is 23.0 Å². The number of hydrogen-bond donors (Lipinski definition) is 4. The summed E-state index contributed by atoms with van der Waals surface area (Å²) in [6.07, 6.45) is 1.44. The number of esters is 2. The molecule has 0 aliphatic carbocycles. The van der Waals surface area contributed by atoms with Crippen molar-refractivity contribution in [2.24, 2.45) is 0 Å². The number of carbonyl (C=O) groups is 4. The second-order valence-electron chi connectivity index (χ2n) is 7.75. The van der Waals surface area contributed by atoms with E-state index in [9.17, 15) is 34.5 Å². The summed E-state index contributed by atoms with van der Waals surface area (Å²) < 4.78 is 10.3. The normalized spacial score (nSPS) is 16.3. The molecule has 0 aromatic heterocycles. The molecule has 0 saturated carbocycles. The molecule has 0 saturated heterocycles. The largest absolute Gasteiger partial charge is 0.507 e. The summed E-state index contributed by atoms with van der Waals surface area (Å²) in [6, 6.07) is 4.25. The molecular weight excluding hydrogens is 460 g/mol. The molecule has 2 aromatic carbocycles. The van der Waals surface area contributed by atoms with Gasteiger partial charge in [-0.05, 0) is 37.3 Å². The van der Waals surface area contributed by atoms with Crippen molar-refractivity contribution in [3.63, 3.8) is 0 Å². The van der Waals surface area contributed by atoms with Gasteiger partial charge in [-0.15, -0.1) is 0 Å². The predicted octanol–water partition coefficient (Wildman–Crippen LogP) is 2.99. The van der Waals surface area contributed by atoms with Gasteiger partial charge in [-0.2, -0.15) is 0 Å². The summed E-state index contributed by atoms with van der Waals surface area (Å²) in [5, 5.41) is 40.1. The number of carboxylic acid groups (broad SMARTS) is 2. The van der Waals surface area contributed by atoms with E-state index in [0.717, 1.165) is 24.3 Å². The molecule has 0 spiro atoms. The Bertz CT molecular complexity index is 1490. The molecule has 4 N–H and O–H groups in total. The first kappa shape index (κ1) is 23.1. The van der Waals surface area contributed by atoms with Gasteiger partial charge in [-0.3, -0.25) is 0 Å². The summed E-state index contributed by atoms with van der Waals surface area (Å²) in [4.78, 5) is 48.4. The predicted molar refractivity (Wildman–Crippen MR) is 121 cm³/mol. The number of fused-ring (bicyclic) bond motifs is 2. The molecule has 2 aliphatic heterocycles. The second kappa shape index (κ2) is 8.03. The van der Waals surface area contributed by atoms with Crippen molar-refractivity contribution in [2.75, 3.05) is 0 Å². The maximum Gasteiger partial charge on any atom is 0.345 e. The number of rotatable bonds is 5. The Balaban J connectivity index is 1.95. The molecule has 0 amide bonds. The zero-order valence-electron chi connectivity index (χ0n) is 18.0. The van der Waals surface area contributed by atoms with Crippen molar-refractivity contribution in [3.05, 3.63) is 71.3 Å². The topological polar surface area (TPSA) is 168 Å². The van der Waals surface area contributed by atoms with Crippen molar-refractivity contribution < 1.29 is 49.1 Å². The van der Waals surface area contributed by atoms with Gasteiger partial charge in [-0.25, -0.2) is 19.2 Å². The lowest BCUT2D eigenvalue weighted by Gasteiger charge is -2.11. The van der Waals surface area contributed by atoms with Crippen molar-refractivity contribution in [2.45, 2.75) is 6.92 Å². The minimum Gasteiger partial charge on any atom is -0.507 e. The standard InChI is InChI=1S/C25H16O10/c1-9(2)4-13-12-5-17(27)14(8-18(12)34-24(13)32)20(23(30)31)21-15-6-16(26)11(10(3)22(28)29)7-19(15)35-25(21)33/h4-8,26-27H,1,3H2,2H3,(H,28,29)(H,30,31)/b13-4+,21-20+. The number of aliphatic carboxylic acids is 2. The third kappa shape index (κ3) is 3.72. The highest BCUT2D eigenvalue weighted by atomic mass is 16.5. The lowest BCUT2D eigenvalue weighted by Crippen LogP contribution is -2.09.